The van der Waals surface area contributed by atoms with Crippen LogP contribution in [0.5, 0.6) is 5.75 Å². The summed E-state index contributed by atoms with van der Waals surface area (Å²) >= 11 is 0. The van der Waals surface area contributed by atoms with Crippen LogP contribution in [0, 0.1) is 0 Å². The van der Waals surface area contributed by atoms with Crippen LogP contribution >= 0.6 is 0 Å². The van der Waals surface area contributed by atoms with E-state index in [-0.39, 0.29) is 6.42 Å². The second-order valence-corrected chi connectivity index (χ2v) is 3.62. The number of aromatic nitrogens is 1. The lowest BCUT2D eigenvalue weighted by Gasteiger charge is -2.07. The Kier molecular flexibility index (Phi) is 2.81. The molecule has 0 bridgehead atoms. The van der Waals surface area contributed by atoms with E-state index in [4.69, 9.17) is 9.84 Å². The molecule has 4 heteroatoms. The smallest absolute Gasteiger partial charge is 0.303 e. The van der Waals surface area contributed by atoms with E-state index in [1.165, 1.54) is 0 Å². The first-order valence-corrected chi connectivity index (χ1v) is 5.06. The molecule has 2 aromatic rings. The molecule has 16 heavy (non-hydrogen) atoms. The van der Waals surface area contributed by atoms with Gasteiger partial charge < -0.3 is 14.8 Å². The molecule has 1 aromatic carbocycles. The summed E-state index contributed by atoms with van der Waals surface area (Å²) in [5.41, 5.74) is 1.92. The molecule has 0 radical (unpaired) electrons. The van der Waals surface area contributed by atoms with E-state index >= 15 is 0 Å². The number of aromatic amines is 1. The molecule has 0 spiro atoms. The van der Waals surface area contributed by atoms with Crippen LogP contribution in [-0.2, 0) is 11.2 Å². The fraction of sp³-hybridized carbons (Fsp3) is 0.250. The first kappa shape index (κ1) is 10.5. The molecular formula is C12H13NO3. The normalized spacial score (nSPS) is 10.6. The highest BCUT2D eigenvalue weighted by molar-refractivity contribution is 5.82. The minimum absolute atomic E-state index is 0.114. The SMILES string of the molecule is COc1cc2cc[nH]c2cc1CCC(=O)O. The van der Waals surface area contributed by atoms with Gasteiger partial charge in [-0.15, -0.1) is 0 Å². The maximum atomic E-state index is 10.5. The highest BCUT2D eigenvalue weighted by Crippen LogP contribution is 2.26. The van der Waals surface area contributed by atoms with E-state index in [9.17, 15) is 4.79 Å². The molecule has 1 aromatic heterocycles. The van der Waals surface area contributed by atoms with Gasteiger partial charge in [0.1, 0.15) is 5.75 Å². The molecule has 0 aliphatic carbocycles. The minimum Gasteiger partial charge on any atom is -0.496 e. The van der Waals surface area contributed by atoms with Crippen molar-refractivity contribution >= 4 is 16.9 Å². The first-order valence-electron chi connectivity index (χ1n) is 5.06. The summed E-state index contributed by atoms with van der Waals surface area (Å²) in [7, 11) is 1.60. The Hall–Kier alpha value is -1.97. The van der Waals surface area contributed by atoms with Crippen molar-refractivity contribution in [2.24, 2.45) is 0 Å². The van der Waals surface area contributed by atoms with Gasteiger partial charge in [-0.05, 0) is 30.2 Å². The Balaban J connectivity index is 2.36. The molecule has 0 aliphatic rings. The summed E-state index contributed by atoms with van der Waals surface area (Å²) in [5, 5.41) is 9.73. The van der Waals surface area contributed by atoms with Crippen LogP contribution in [0.4, 0.5) is 0 Å². The zero-order valence-electron chi connectivity index (χ0n) is 8.99. The number of carboxylic acid groups (broad SMARTS) is 1. The van der Waals surface area contributed by atoms with E-state index in [2.05, 4.69) is 4.98 Å². The molecule has 4 nitrogen and oxygen atoms in total. The molecule has 0 aliphatic heterocycles. The molecule has 0 unspecified atom stereocenters. The molecule has 0 amide bonds. The molecule has 0 fully saturated rings. The monoisotopic (exact) mass is 219 g/mol. The van der Waals surface area contributed by atoms with Crippen LogP contribution in [0.3, 0.4) is 0 Å². The van der Waals surface area contributed by atoms with Crippen molar-refractivity contribution in [2.45, 2.75) is 12.8 Å². The van der Waals surface area contributed by atoms with Crippen LogP contribution in [0.2, 0.25) is 0 Å². The third kappa shape index (κ3) is 2.00. The number of aryl methyl sites for hydroxylation is 1. The lowest BCUT2D eigenvalue weighted by Crippen LogP contribution is -1.99. The summed E-state index contributed by atoms with van der Waals surface area (Å²) in [5.74, 6) is -0.0537. The average Bonchev–Trinajstić information content (AvgIpc) is 2.71. The van der Waals surface area contributed by atoms with Crippen LogP contribution in [-0.4, -0.2) is 23.2 Å². The number of aliphatic carboxylic acids is 1. The van der Waals surface area contributed by atoms with Gasteiger partial charge in [-0.2, -0.15) is 0 Å². The fourth-order valence-corrected chi connectivity index (χ4v) is 1.75. The number of carboxylic acids is 1. The summed E-state index contributed by atoms with van der Waals surface area (Å²) in [4.78, 5) is 13.6. The number of ether oxygens (including phenoxy) is 1. The summed E-state index contributed by atoms with van der Waals surface area (Å²) in [6.07, 6.45) is 2.45. The van der Waals surface area contributed by atoms with E-state index in [1.54, 1.807) is 7.11 Å². The molecule has 0 atom stereocenters. The van der Waals surface area contributed by atoms with Crippen molar-refractivity contribution in [1.82, 2.24) is 4.98 Å². The highest BCUT2D eigenvalue weighted by atomic mass is 16.5. The first-order chi connectivity index (χ1) is 7.70. The zero-order valence-corrected chi connectivity index (χ0v) is 8.99. The Morgan fingerprint density at radius 2 is 2.31 bits per heavy atom. The molecule has 0 saturated carbocycles. The number of fused-ring (bicyclic) bond motifs is 1. The van der Waals surface area contributed by atoms with E-state index in [1.807, 2.05) is 24.4 Å². The van der Waals surface area contributed by atoms with Crippen molar-refractivity contribution in [3.05, 3.63) is 30.0 Å². The van der Waals surface area contributed by atoms with Gasteiger partial charge in [0.25, 0.3) is 0 Å². The number of nitrogens with one attached hydrogen (secondary N) is 1. The zero-order chi connectivity index (χ0) is 11.5. The lowest BCUT2D eigenvalue weighted by atomic mass is 10.1. The van der Waals surface area contributed by atoms with Crippen LogP contribution in [0.15, 0.2) is 24.4 Å². The Morgan fingerprint density at radius 3 is 3.00 bits per heavy atom. The van der Waals surface area contributed by atoms with Crippen LogP contribution in [0.1, 0.15) is 12.0 Å². The fourth-order valence-electron chi connectivity index (χ4n) is 1.75. The largest absolute Gasteiger partial charge is 0.496 e. The van der Waals surface area contributed by atoms with Gasteiger partial charge in [-0.25, -0.2) is 0 Å². The quantitative estimate of drug-likeness (QED) is 0.828. The molecule has 1 heterocycles. The lowest BCUT2D eigenvalue weighted by molar-refractivity contribution is -0.136. The highest BCUT2D eigenvalue weighted by Gasteiger charge is 2.08. The maximum Gasteiger partial charge on any atom is 0.303 e. The second kappa shape index (κ2) is 4.26. The number of benzene rings is 1. The van der Waals surface area contributed by atoms with Crippen molar-refractivity contribution in [2.75, 3.05) is 7.11 Å². The van der Waals surface area contributed by atoms with E-state index < -0.39 is 5.97 Å². The van der Waals surface area contributed by atoms with Crippen molar-refractivity contribution < 1.29 is 14.6 Å². The van der Waals surface area contributed by atoms with Crippen LogP contribution in [0.25, 0.3) is 10.9 Å². The molecule has 84 valence electrons. The van der Waals surface area contributed by atoms with E-state index in [0.29, 0.717) is 6.42 Å². The third-order valence-corrected chi connectivity index (χ3v) is 2.56. The summed E-state index contributed by atoms with van der Waals surface area (Å²) in [6, 6.07) is 5.82. The Morgan fingerprint density at radius 1 is 1.50 bits per heavy atom. The predicted octanol–water partition coefficient (Wildman–Crippen LogP) is 2.19. The molecular weight excluding hydrogens is 206 g/mol. The maximum absolute atomic E-state index is 10.5. The number of H-pyrrole nitrogens is 1. The third-order valence-electron chi connectivity index (χ3n) is 2.56. The molecule has 2 N–H and O–H groups in total. The number of carbonyl (C=O) groups is 1. The second-order valence-electron chi connectivity index (χ2n) is 3.62. The van der Waals surface area contributed by atoms with Gasteiger partial charge in [-0.3, -0.25) is 4.79 Å². The van der Waals surface area contributed by atoms with Crippen LogP contribution < -0.4 is 4.74 Å². The number of hydrogen-bond acceptors (Lipinski definition) is 2. The topological polar surface area (TPSA) is 62.3 Å². The van der Waals surface area contributed by atoms with Crippen molar-refractivity contribution in [1.29, 1.82) is 0 Å². The molecule has 0 saturated heterocycles. The van der Waals surface area contributed by atoms with Gasteiger partial charge in [-0.1, -0.05) is 0 Å². The van der Waals surface area contributed by atoms with Gasteiger partial charge in [0.2, 0.25) is 0 Å². The number of rotatable bonds is 4. The van der Waals surface area contributed by atoms with Gasteiger partial charge in [0, 0.05) is 23.5 Å². The van der Waals surface area contributed by atoms with Crippen molar-refractivity contribution in [3.63, 3.8) is 0 Å². The van der Waals surface area contributed by atoms with Gasteiger partial charge in [0.15, 0.2) is 0 Å². The minimum atomic E-state index is -0.798. The standard InChI is InChI=1S/C12H13NO3/c1-16-11-7-8-4-5-13-10(8)6-9(11)2-3-12(14)15/h4-7,13H,2-3H2,1H3,(H,14,15). The summed E-state index contributed by atoms with van der Waals surface area (Å²) < 4.78 is 5.25. The van der Waals surface area contributed by atoms with Gasteiger partial charge >= 0.3 is 5.97 Å². The van der Waals surface area contributed by atoms with Gasteiger partial charge in [0.05, 0.1) is 7.11 Å². The Bertz CT molecular complexity index is 516. The number of methoxy groups -OCH3 is 1. The Labute approximate surface area is 92.9 Å². The predicted molar refractivity (Wildman–Crippen MR) is 60.8 cm³/mol. The molecule has 2 rings (SSSR count). The van der Waals surface area contributed by atoms with Crippen molar-refractivity contribution in [3.8, 4) is 5.75 Å². The summed E-state index contributed by atoms with van der Waals surface area (Å²) in [6.45, 7) is 0. The number of hydrogen-bond donors (Lipinski definition) is 2. The van der Waals surface area contributed by atoms with E-state index in [0.717, 1.165) is 22.2 Å². The average molecular weight is 219 g/mol.